The first kappa shape index (κ1) is 18.9. The Bertz CT molecular complexity index is 750. The lowest BCUT2D eigenvalue weighted by atomic mass is 9.86. The van der Waals surface area contributed by atoms with Crippen LogP contribution in [0.2, 0.25) is 0 Å². The van der Waals surface area contributed by atoms with Gasteiger partial charge in [-0.3, -0.25) is 14.9 Å². The monoisotopic (exact) mass is 362 g/mol. The number of amides is 1. The molecule has 0 saturated carbocycles. The van der Waals surface area contributed by atoms with Crippen LogP contribution in [-0.4, -0.2) is 30.6 Å². The van der Waals surface area contributed by atoms with E-state index in [1.807, 2.05) is 24.3 Å². The molecule has 2 rings (SSSR count). The number of nitrogens with zero attached hydrogens (tertiary/aromatic N) is 1. The number of carbonyl (C=O) groups excluding carboxylic acids is 2. The smallest absolute Gasteiger partial charge is 0.311 e. The average Bonchev–Trinajstić information content (AvgIpc) is 2.99. The Kier molecular flexibility index (Phi) is 6.14. The summed E-state index contributed by atoms with van der Waals surface area (Å²) in [7, 11) is 1.32. The molecule has 0 atom stereocenters. The lowest BCUT2D eigenvalue weighted by Crippen LogP contribution is -2.22. The topological polar surface area (TPSA) is 77.5 Å². The van der Waals surface area contributed by atoms with Gasteiger partial charge in [0.2, 0.25) is 0 Å². The molecule has 0 saturated heterocycles. The van der Waals surface area contributed by atoms with E-state index in [0.29, 0.717) is 16.6 Å². The van der Waals surface area contributed by atoms with Crippen LogP contribution in [0, 0.1) is 0 Å². The number of anilines is 1. The fourth-order valence-corrected chi connectivity index (χ4v) is 2.90. The number of carbonyl (C=O) groups is 2. The normalized spacial score (nSPS) is 11.0. The van der Waals surface area contributed by atoms with Gasteiger partial charge in [-0.2, -0.15) is 0 Å². The number of para-hydroxylation sites is 1. The number of nitrogens with one attached hydrogen (secondary N) is 1. The quantitative estimate of drug-likeness (QED) is 0.799. The Labute approximate surface area is 151 Å². The minimum Gasteiger partial charge on any atom is -0.483 e. The van der Waals surface area contributed by atoms with Gasteiger partial charge >= 0.3 is 5.97 Å². The van der Waals surface area contributed by atoms with Crippen molar-refractivity contribution in [1.82, 2.24) is 4.98 Å². The van der Waals surface area contributed by atoms with Crippen molar-refractivity contribution in [1.29, 1.82) is 0 Å². The number of hydrogen-bond donors (Lipinski definition) is 1. The molecule has 0 unspecified atom stereocenters. The molecule has 0 spiro atoms. The summed E-state index contributed by atoms with van der Waals surface area (Å²) in [5, 5.41) is 4.81. The molecular formula is C18H22N2O4S. The van der Waals surface area contributed by atoms with E-state index >= 15 is 0 Å². The van der Waals surface area contributed by atoms with Crippen LogP contribution >= 0.6 is 11.3 Å². The fourth-order valence-electron chi connectivity index (χ4n) is 2.18. The molecule has 1 amide bonds. The average molecular weight is 362 g/mol. The van der Waals surface area contributed by atoms with Crippen molar-refractivity contribution < 1.29 is 19.1 Å². The van der Waals surface area contributed by atoms with E-state index in [-0.39, 0.29) is 30.3 Å². The largest absolute Gasteiger partial charge is 0.483 e. The summed E-state index contributed by atoms with van der Waals surface area (Å²) < 4.78 is 10.3. The van der Waals surface area contributed by atoms with Gasteiger partial charge < -0.3 is 9.47 Å². The van der Waals surface area contributed by atoms with Crippen molar-refractivity contribution in [2.24, 2.45) is 0 Å². The minimum atomic E-state index is -0.370. The van der Waals surface area contributed by atoms with Gasteiger partial charge in [-0.05, 0) is 17.0 Å². The molecule has 25 heavy (non-hydrogen) atoms. The predicted octanol–water partition coefficient (Wildman–Crippen LogP) is 3.17. The van der Waals surface area contributed by atoms with E-state index in [2.05, 4.69) is 35.8 Å². The van der Waals surface area contributed by atoms with E-state index in [4.69, 9.17) is 4.74 Å². The summed E-state index contributed by atoms with van der Waals surface area (Å²) in [5.41, 5.74) is 1.52. The van der Waals surface area contributed by atoms with Gasteiger partial charge in [0.1, 0.15) is 5.75 Å². The summed E-state index contributed by atoms with van der Waals surface area (Å²) in [6.45, 7) is 6.16. The lowest BCUT2D eigenvalue weighted by Gasteiger charge is -2.22. The van der Waals surface area contributed by atoms with Crippen LogP contribution < -0.4 is 10.1 Å². The SMILES string of the molecule is COC(=O)Cc1csc(NC(=O)COc2ccccc2C(C)(C)C)n1. The van der Waals surface area contributed by atoms with Crippen molar-refractivity contribution in [3.8, 4) is 5.75 Å². The van der Waals surface area contributed by atoms with E-state index in [0.717, 1.165) is 5.56 Å². The third-order valence-corrected chi connectivity index (χ3v) is 4.21. The Hall–Kier alpha value is -2.41. The molecule has 1 aromatic carbocycles. The van der Waals surface area contributed by atoms with Crippen molar-refractivity contribution in [3.05, 3.63) is 40.9 Å². The highest BCUT2D eigenvalue weighted by Gasteiger charge is 2.19. The fraction of sp³-hybridized carbons (Fsp3) is 0.389. The standard InChI is InChI=1S/C18H22N2O4S/c1-18(2,3)13-7-5-6-8-14(13)24-10-15(21)20-17-19-12(11-25-17)9-16(22)23-4/h5-8,11H,9-10H2,1-4H3,(H,19,20,21). The summed E-state index contributed by atoms with van der Waals surface area (Å²) in [6, 6.07) is 7.67. The molecule has 1 N–H and O–H groups in total. The zero-order valence-electron chi connectivity index (χ0n) is 14.8. The maximum atomic E-state index is 12.1. The van der Waals surface area contributed by atoms with E-state index in [9.17, 15) is 9.59 Å². The highest BCUT2D eigenvalue weighted by Crippen LogP contribution is 2.30. The number of hydrogen-bond acceptors (Lipinski definition) is 6. The first-order valence-corrected chi connectivity index (χ1v) is 8.71. The Morgan fingerprint density at radius 3 is 2.64 bits per heavy atom. The number of methoxy groups -OCH3 is 1. The van der Waals surface area contributed by atoms with Crippen LogP contribution in [0.3, 0.4) is 0 Å². The van der Waals surface area contributed by atoms with E-state index in [1.54, 1.807) is 5.38 Å². The molecule has 0 aliphatic heterocycles. The second kappa shape index (κ2) is 8.11. The molecule has 6 nitrogen and oxygen atoms in total. The van der Waals surface area contributed by atoms with Crippen molar-refractivity contribution in [3.63, 3.8) is 0 Å². The van der Waals surface area contributed by atoms with Crippen LogP contribution in [0.4, 0.5) is 5.13 Å². The molecule has 0 fully saturated rings. The van der Waals surface area contributed by atoms with Crippen LogP contribution in [0.1, 0.15) is 32.0 Å². The summed E-state index contributed by atoms with van der Waals surface area (Å²) in [5.74, 6) is 0.0173. The molecule has 7 heteroatoms. The maximum absolute atomic E-state index is 12.1. The minimum absolute atomic E-state index is 0.0782. The van der Waals surface area contributed by atoms with E-state index in [1.165, 1.54) is 18.4 Å². The summed E-state index contributed by atoms with van der Waals surface area (Å²) >= 11 is 1.25. The predicted molar refractivity (Wildman–Crippen MR) is 97.1 cm³/mol. The molecule has 1 heterocycles. The summed E-state index contributed by atoms with van der Waals surface area (Å²) in [4.78, 5) is 27.5. The first-order chi connectivity index (χ1) is 11.8. The van der Waals surface area contributed by atoms with Crippen molar-refractivity contribution in [2.45, 2.75) is 32.6 Å². The molecule has 2 aromatic rings. The van der Waals surface area contributed by atoms with Crippen LogP contribution in [0.15, 0.2) is 29.6 Å². The number of rotatable bonds is 6. The van der Waals surface area contributed by atoms with Crippen molar-refractivity contribution >= 4 is 28.3 Å². The molecule has 0 aliphatic rings. The zero-order valence-corrected chi connectivity index (χ0v) is 15.6. The Morgan fingerprint density at radius 1 is 1.24 bits per heavy atom. The summed E-state index contributed by atoms with van der Waals surface area (Å²) in [6.07, 6.45) is 0.0817. The van der Waals surface area contributed by atoms with Crippen LogP contribution in [0.25, 0.3) is 0 Å². The number of aromatic nitrogens is 1. The number of benzene rings is 1. The van der Waals surface area contributed by atoms with E-state index < -0.39 is 0 Å². The third kappa shape index (κ3) is 5.56. The number of thiazole rings is 1. The molecule has 0 radical (unpaired) electrons. The van der Waals surface area contributed by atoms with Gasteiger partial charge in [0.15, 0.2) is 11.7 Å². The molecule has 1 aromatic heterocycles. The van der Waals surface area contributed by atoms with Gasteiger partial charge in [-0.15, -0.1) is 11.3 Å². The molecule has 134 valence electrons. The molecule has 0 aliphatic carbocycles. The van der Waals surface area contributed by atoms with Gasteiger partial charge in [-0.1, -0.05) is 39.0 Å². The highest BCUT2D eigenvalue weighted by molar-refractivity contribution is 7.13. The number of esters is 1. The lowest BCUT2D eigenvalue weighted by molar-refractivity contribution is -0.139. The van der Waals surface area contributed by atoms with Gasteiger partial charge in [0.25, 0.3) is 5.91 Å². The third-order valence-electron chi connectivity index (χ3n) is 3.41. The van der Waals surface area contributed by atoms with Gasteiger partial charge in [-0.25, -0.2) is 4.98 Å². The van der Waals surface area contributed by atoms with Gasteiger partial charge in [0, 0.05) is 5.38 Å². The first-order valence-electron chi connectivity index (χ1n) is 7.83. The van der Waals surface area contributed by atoms with Crippen LogP contribution in [-0.2, 0) is 26.2 Å². The Balaban J connectivity index is 1.93. The zero-order chi connectivity index (χ0) is 18.4. The Morgan fingerprint density at radius 2 is 1.96 bits per heavy atom. The van der Waals surface area contributed by atoms with Crippen LogP contribution in [0.5, 0.6) is 5.75 Å². The second-order valence-corrected chi connectivity index (χ2v) is 7.34. The van der Waals surface area contributed by atoms with Crippen molar-refractivity contribution in [2.75, 3.05) is 19.0 Å². The van der Waals surface area contributed by atoms with Gasteiger partial charge in [0.05, 0.1) is 19.2 Å². The second-order valence-electron chi connectivity index (χ2n) is 6.48. The molecular weight excluding hydrogens is 340 g/mol. The highest BCUT2D eigenvalue weighted by atomic mass is 32.1. The molecule has 0 bridgehead atoms. The number of ether oxygens (including phenoxy) is 2. The maximum Gasteiger partial charge on any atom is 0.311 e.